The lowest BCUT2D eigenvalue weighted by Crippen LogP contribution is -2.50. The molecule has 1 aromatic carbocycles. The van der Waals surface area contributed by atoms with E-state index in [0.717, 1.165) is 30.8 Å². The summed E-state index contributed by atoms with van der Waals surface area (Å²) in [7, 11) is 0. The first-order valence-electron chi connectivity index (χ1n) is 9.65. The molecule has 0 spiro atoms. The first-order valence-corrected chi connectivity index (χ1v) is 9.65. The van der Waals surface area contributed by atoms with E-state index in [1.807, 2.05) is 26.0 Å². The van der Waals surface area contributed by atoms with Crippen LogP contribution in [0.15, 0.2) is 42.5 Å². The summed E-state index contributed by atoms with van der Waals surface area (Å²) in [5.41, 5.74) is 3.85. The fourth-order valence-electron chi connectivity index (χ4n) is 4.63. The molecule has 2 aromatic rings. The van der Waals surface area contributed by atoms with E-state index in [2.05, 4.69) is 45.5 Å². The van der Waals surface area contributed by atoms with E-state index >= 15 is 0 Å². The van der Waals surface area contributed by atoms with Gasteiger partial charge < -0.3 is 5.32 Å². The average molecular weight is 349 g/mol. The minimum absolute atomic E-state index is 0.0240. The van der Waals surface area contributed by atoms with Crippen LogP contribution in [-0.2, 0) is 6.54 Å². The number of rotatable bonds is 4. The Kier molecular flexibility index (Phi) is 4.77. The van der Waals surface area contributed by atoms with Crippen molar-refractivity contribution in [3.05, 3.63) is 65.0 Å². The second-order valence-corrected chi connectivity index (χ2v) is 7.77. The van der Waals surface area contributed by atoms with Crippen molar-refractivity contribution in [3.63, 3.8) is 0 Å². The number of amides is 1. The number of hydrogen-bond acceptors (Lipinski definition) is 3. The summed E-state index contributed by atoms with van der Waals surface area (Å²) < 4.78 is 0. The van der Waals surface area contributed by atoms with Crippen LogP contribution in [0.4, 0.5) is 0 Å². The molecule has 4 rings (SSSR count). The molecule has 2 fully saturated rings. The highest BCUT2D eigenvalue weighted by molar-refractivity contribution is 5.95. The van der Waals surface area contributed by atoms with Crippen molar-refractivity contribution >= 4 is 5.91 Å². The van der Waals surface area contributed by atoms with Crippen LogP contribution in [0.3, 0.4) is 0 Å². The van der Waals surface area contributed by atoms with Crippen LogP contribution in [0.2, 0.25) is 0 Å². The highest BCUT2D eigenvalue weighted by Gasteiger charge is 2.40. The Balaban J connectivity index is 1.40. The standard InChI is InChI=1S/C22H27N3O/c1-15-8-11-21(16(2)23-15)22(26)24-18-12-19-9-10-20(13-18)25(19)14-17-6-4-3-5-7-17/h3-8,11,18-20H,9-10,12-14H2,1-2H3,(H,24,26)/t18?,19-,20+. The Hall–Kier alpha value is -2.20. The van der Waals surface area contributed by atoms with Crippen LogP contribution < -0.4 is 5.32 Å². The number of nitrogens with zero attached hydrogens (tertiary/aromatic N) is 2. The van der Waals surface area contributed by atoms with E-state index in [1.165, 1.54) is 18.4 Å². The maximum absolute atomic E-state index is 12.7. The molecule has 3 atom stereocenters. The quantitative estimate of drug-likeness (QED) is 0.917. The van der Waals surface area contributed by atoms with Crippen molar-refractivity contribution in [1.82, 2.24) is 15.2 Å². The van der Waals surface area contributed by atoms with Crippen LogP contribution in [0.25, 0.3) is 0 Å². The predicted molar refractivity (Wildman–Crippen MR) is 103 cm³/mol. The van der Waals surface area contributed by atoms with Gasteiger partial charge >= 0.3 is 0 Å². The van der Waals surface area contributed by atoms with Gasteiger partial charge in [0.1, 0.15) is 0 Å². The largest absolute Gasteiger partial charge is 0.349 e. The van der Waals surface area contributed by atoms with Gasteiger partial charge in [-0.3, -0.25) is 14.7 Å². The van der Waals surface area contributed by atoms with Gasteiger partial charge in [0.15, 0.2) is 0 Å². The van der Waals surface area contributed by atoms with Crippen molar-refractivity contribution in [3.8, 4) is 0 Å². The van der Waals surface area contributed by atoms with Crippen LogP contribution >= 0.6 is 0 Å². The first-order chi connectivity index (χ1) is 12.6. The molecule has 1 amide bonds. The molecule has 136 valence electrons. The molecule has 3 heterocycles. The Morgan fingerprint density at radius 3 is 2.42 bits per heavy atom. The van der Waals surface area contributed by atoms with Gasteiger partial charge in [0.05, 0.1) is 11.3 Å². The van der Waals surface area contributed by atoms with Crippen molar-refractivity contribution in [2.75, 3.05) is 0 Å². The van der Waals surface area contributed by atoms with Crippen molar-refractivity contribution < 1.29 is 4.79 Å². The molecule has 4 nitrogen and oxygen atoms in total. The summed E-state index contributed by atoms with van der Waals surface area (Å²) in [6, 6.07) is 16.0. The topological polar surface area (TPSA) is 45.2 Å². The molecule has 1 N–H and O–H groups in total. The van der Waals surface area contributed by atoms with E-state index in [9.17, 15) is 4.79 Å². The van der Waals surface area contributed by atoms with Crippen LogP contribution in [0.1, 0.15) is 53.0 Å². The van der Waals surface area contributed by atoms with E-state index in [4.69, 9.17) is 0 Å². The molecular formula is C22H27N3O. The number of hydrogen-bond donors (Lipinski definition) is 1. The number of benzene rings is 1. The van der Waals surface area contributed by atoms with Crippen LogP contribution in [0.5, 0.6) is 0 Å². The number of piperidine rings is 1. The molecule has 0 radical (unpaired) electrons. The molecule has 0 saturated carbocycles. The molecular weight excluding hydrogens is 322 g/mol. The van der Waals surface area contributed by atoms with Crippen LogP contribution in [0, 0.1) is 13.8 Å². The third kappa shape index (κ3) is 3.51. The fraction of sp³-hybridized carbons (Fsp3) is 0.455. The minimum atomic E-state index is 0.0240. The zero-order valence-corrected chi connectivity index (χ0v) is 15.6. The number of fused-ring (bicyclic) bond motifs is 2. The maximum Gasteiger partial charge on any atom is 0.253 e. The average Bonchev–Trinajstić information content (AvgIpc) is 2.85. The van der Waals surface area contributed by atoms with Gasteiger partial charge in [-0.05, 0) is 57.2 Å². The third-order valence-electron chi connectivity index (χ3n) is 5.90. The molecule has 2 saturated heterocycles. The van der Waals surface area contributed by atoms with Crippen molar-refractivity contribution in [2.45, 2.75) is 64.2 Å². The molecule has 4 heteroatoms. The van der Waals surface area contributed by atoms with Crippen molar-refractivity contribution in [2.24, 2.45) is 0 Å². The summed E-state index contributed by atoms with van der Waals surface area (Å²) >= 11 is 0. The second-order valence-electron chi connectivity index (χ2n) is 7.77. The Morgan fingerprint density at radius 1 is 1.08 bits per heavy atom. The summed E-state index contributed by atoms with van der Waals surface area (Å²) in [4.78, 5) is 19.8. The van der Waals surface area contributed by atoms with E-state index in [0.29, 0.717) is 17.6 Å². The van der Waals surface area contributed by atoms with Gasteiger partial charge in [0, 0.05) is 30.4 Å². The number of carbonyl (C=O) groups excluding carboxylic acids is 1. The highest BCUT2D eigenvalue weighted by Crippen LogP contribution is 2.37. The maximum atomic E-state index is 12.7. The fourth-order valence-corrected chi connectivity index (χ4v) is 4.63. The van der Waals surface area contributed by atoms with Crippen LogP contribution in [-0.4, -0.2) is 33.9 Å². The number of nitrogens with one attached hydrogen (secondary N) is 1. The lowest BCUT2D eigenvalue weighted by Gasteiger charge is -2.39. The highest BCUT2D eigenvalue weighted by atomic mass is 16.1. The van der Waals surface area contributed by atoms with Gasteiger partial charge in [-0.15, -0.1) is 0 Å². The van der Waals surface area contributed by atoms with Gasteiger partial charge in [-0.25, -0.2) is 0 Å². The predicted octanol–water partition coefficient (Wildman–Crippen LogP) is 3.62. The Bertz CT molecular complexity index is 775. The number of aryl methyl sites for hydroxylation is 2. The number of pyridine rings is 1. The van der Waals surface area contributed by atoms with E-state index in [-0.39, 0.29) is 11.9 Å². The smallest absolute Gasteiger partial charge is 0.253 e. The second kappa shape index (κ2) is 7.20. The molecule has 1 unspecified atom stereocenters. The zero-order chi connectivity index (χ0) is 18.1. The Morgan fingerprint density at radius 2 is 1.77 bits per heavy atom. The van der Waals surface area contributed by atoms with E-state index in [1.54, 1.807) is 0 Å². The lowest BCUT2D eigenvalue weighted by molar-refractivity contribution is 0.0827. The molecule has 26 heavy (non-hydrogen) atoms. The number of aromatic nitrogens is 1. The number of carbonyl (C=O) groups is 1. The normalized spacial score (nSPS) is 25.2. The van der Waals surface area contributed by atoms with Gasteiger partial charge in [-0.2, -0.15) is 0 Å². The van der Waals surface area contributed by atoms with Gasteiger partial charge in [-0.1, -0.05) is 30.3 Å². The summed E-state index contributed by atoms with van der Waals surface area (Å²) in [5, 5.41) is 3.28. The van der Waals surface area contributed by atoms with Crippen molar-refractivity contribution in [1.29, 1.82) is 0 Å². The summed E-state index contributed by atoms with van der Waals surface area (Å²) in [6.45, 7) is 4.89. The molecule has 0 aliphatic carbocycles. The summed E-state index contributed by atoms with van der Waals surface area (Å²) in [5.74, 6) is 0.0240. The van der Waals surface area contributed by atoms with Gasteiger partial charge in [0.25, 0.3) is 5.91 Å². The molecule has 2 bridgehead atoms. The lowest BCUT2D eigenvalue weighted by atomic mass is 9.96. The minimum Gasteiger partial charge on any atom is -0.349 e. The monoisotopic (exact) mass is 349 g/mol. The summed E-state index contributed by atoms with van der Waals surface area (Å²) in [6.07, 6.45) is 4.59. The first kappa shape index (κ1) is 17.2. The van der Waals surface area contributed by atoms with E-state index < -0.39 is 0 Å². The zero-order valence-electron chi connectivity index (χ0n) is 15.6. The van der Waals surface area contributed by atoms with Gasteiger partial charge in [0.2, 0.25) is 0 Å². The SMILES string of the molecule is Cc1ccc(C(=O)NC2C[C@H]3CC[C@@H](C2)N3Cc2ccccc2)c(C)n1. The molecule has 2 aliphatic rings. The molecule has 2 aliphatic heterocycles. The third-order valence-corrected chi connectivity index (χ3v) is 5.90. The molecule has 1 aromatic heterocycles. The Labute approximate surface area is 155 Å².